The summed E-state index contributed by atoms with van der Waals surface area (Å²) in [6.07, 6.45) is 5.92. The molecule has 1 heterocycles. The third-order valence-corrected chi connectivity index (χ3v) is 7.82. The van der Waals surface area contributed by atoms with Gasteiger partial charge in [0.15, 0.2) is 5.78 Å². The summed E-state index contributed by atoms with van der Waals surface area (Å²) in [7, 11) is 2.14. The molecule has 37 heavy (non-hydrogen) atoms. The molecule has 1 aliphatic heterocycles. The highest BCUT2D eigenvalue weighted by atomic mass is 16.5. The number of esters is 1. The molecule has 0 spiro atoms. The Hall–Kier alpha value is -2.50. The number of benzene rings is 2. The van der Waals surface area contributed by atoms with Gasteiger partial charge < -0.3 is 15.0 Å². The first-order chi connectivity index (χ1) is 17.7. The van der Waals surface area contributed by atoms with Crippen LogP contribution >= 0.6 is 0 Å². The highest BCUT2D eigenvalue weighted by Crippen LogP contribution is 2.26. The van der Waals surface area contributed by atoms with E-state index >= 15 is 0 Å². The summed E-state index contributed by atoms with van der Waals surface area (Å²) in [6, 6.07) is 14.6. The first-order valence-corrected chi connectivity index (χ1v) is 14.1. The summed E-state index contributed by atoms with van der Waals surface area (Å²) in [5.74, 6) is 0.763. The first kappa shape index (κ1) is 29.1. The lowest BCUT2D eigenvalue weighted by molar-refractivity contribution is -0.148. The molecule has 3 rings (SSSR count). The number of rotatable bonds is 13. The number of hydrogen-bond donors (Lipinski definition) is 1. The maximum absolute atomic E-state index is 12.9. The predicted molar refractivity (Wildman–Crippen MR) is 151 cm³/mol. The molecule has 0 radical (unpaired) electrons. The van der Waals surface area contributed by atoms with E-state index in [1.165, 1.54) is 29.5 Å². The van der Waals surface area contributed by atoms with Crippen LogP contribution in [0.4, 0.5) is 0 Å². The summed E-state index contributed by atoms with van der Waals surface area (Å²) in [5, 5.41) is 3.40. The maximum Gasteiger partial charge on any atom is 0.315 e. The quantitative estimate of drug-likeness (QED) is 0.278. The molecule has 0 bridgehead atoms. The first-order valence-electron chi connectivity index (χ1n) is 14.1. The van der Waals surface area contributed by atoms with E-state index in [1.54, 1.807) is 0 Å². The van der Waals surface area contributed by atoms with Gasteiger partial charge in [-0.3, -0.25) is 9.59 Å². The van der Waals surface area contributed by atoms with E-state index in [9.17, 15) is 9.59 Å². The van der Waals surface area contributed by atoms with Crippen molar-refractivity contribution in [1.29, 1.82) is 0 Å². The van der Waals surface area contributed by atoms with Crippen LogP contribution in [0, 0.1) is 5.92 Å². The molecule has 0 aromatic heterocycles. The summed E-state index contributed by atoms with van der Waals surface area (Å²) in [6.45, 7) is 12.1. The average molecular weight is 507 g/mol. The van der Waals surface area contributed by atoms with Crippen LogP contribution in [0.15, 0.2) is 42.5 Å². The molecule has 0 atom stereocenters. The summed E-state index contributed by atoms with van der Waals surface area (Å²) >= 11 is 0. The van der Waals surface area contributed by atoms with Crippen LogP contribution in [0.25, 0.3) is 0 Å². The van der Waals surface area contributed by atoms with E-state index < -0.39 is 5.41 Å². The number of nitrogens with zero attached hydrogens (tertiary/aromatic N) is 1. The van der Waals surface area contributed by atoms with Crippen molar-refractivity contribution in [2.45, 2.75) is 78.2 Å². The molecular weight excluding hydrogens is 460 g/mol. The second kappa shape index (κ2) is 13.9. The Bertz CT molecular complexity index is 1020. The Morgan fingerprint density at radius 2 is 1.73 bits per heavy atom. The van der Waals surface area contributed by atoms with Crippen molar-refractivity contribution < 1.29 is 14.3 Å². The minimum Gasteiger partial charge on any atom is -0.465 e. The normalized spacial score (nSPS) is 14.6. The van der Waals surface area contributed by atoms with Crippen molar-refractivity contribution in [3.63, 3.8) is 0 Å². The van der Waals surface area contributed by atoms with Gasteiger partial charge in [0.1, 0.15) is 0 Å². The van der Waals surface area contributed by atoms with Crippen molar-refractivity contribution in [3.8, 4) is 0 Å². The smallest absolute Gasteiger partial charge is 0.315 e. The number of nitrogens with one attached hydrogen (secondary N) is 1. The number of likely N-dealkylation sites (N-methyl/N-ethyl adjacent to an activating group) is 1. The molecule has 5 nitrogen and oxygen atoms in total. The number of ether oxygens (including phenoxy) is 1. The van der Waals surface area contributed by atoms with E-state index in [2.05, 4.69) is 48.5 Å². The van der Waals surface area contributed by atoms with Gasteiger partial charge in [-0.2, -0.15) is 0 Å². The van der Waals surface area contributed by atoms with Crippen molar-refractivity contribution in [1.82, 2.24) is 10.2 Å². The molecule has 1 N–H and O–H groups in total. The van der Waals surface area contributed by atoms with Crippen molar-refractivity contribution in [3.05, 3.63) is 70.3 Å². The Balaban J connectivity index is 1.56. The fraction of sp³-hybridized carbons (Fsp3) is 0.562. The number of piperidine rings is 1. The Kier molecular flexibility index (Phi) is 10.9. The fourth-order valence-corrected chi connectivity index (χ4v) is 5.19. The lowest BCUT2D eigenvalue weighted by atomic mass is 9.84. The van der Waals surface area contributed by atoms with Crippen molar-refractivity contribution in [2.75, 3.05) is 33.3 Å². The minimum absolute atomic E-state index is 0.196. The number of Topliss-reactive ketones (excluding diaryl/α,β-unsaturated/α-hetero) is 1. The van der Waals surface area contributed by atoms with Crippen LogP contribution in [0.1, 0.15) is 86.0 Å². The van der Waals surface area contributed by atoms with E-state index in [0.29, 0.717) is 18.9 Å². The van der Waals surface area contributed by atoms with Gasteiger partial charge in [0.05, 0.1) is 12.0 Å². The van der Waals surface area contributed by atoms with Crippen molar-refractivity contribution in [2.24, 2.45) is 5.92 Å². The molecule has 1 saturated heterocycles. The third-order valence-electron chi connectivity index (χ3n) is 7.82. The maximum atomic E-state index is 12.9. The molecule has 1 fully saturated rings. The highest BCUT2D eigenvalue weighted by Gasteiger charge is 2.31. The van der Waals surface area contributed by atoms with Gasteiger partial charge in [-0.1, -0.05) is 43.3 Å². The molecule has 0 unspecified atom stereocenters. The topological polar surface area (TPSA) is 58.6 Å². The van der Waals surface area contributed by atoms with Gasteiger partial charge in [0, 0.05) is 25.1 Å². The Morgan fingerprint density at radius 3 is 2.38 bits per heavy atom. The van der Waals surface area contributed by atoms with Gasteiger partial charge in [0.25, 0.3) is 0 Å². The van der Waals surface area contributed by atoms with Gasteiger partial charge in [0.2, 0.25) is 0 Å². The molecule has 0 amide bonds. The number of carbonyl (C=O) groups is 2. The molecule has 1 aliphatic rings. The lowest BCUT2D eigenvalue weighted by Crippen LogP contribution is -2.31. The lowest BCUT2D eigenvalue weighted by Gasteiger charge is -2.23. The molecule has 0 aliphatic carbocycles. The zero-order chi connectivity index (χ0) is 26.8. The molecule has 5 heteroatoms. The van der Waals surface area contributed by atoms with E-state index in [-0.39, 0.29) is 11.8 Å². The van der Waals surface area contributed by atoms with Crippen LogP contribution in [-0.2, 0) is 34.3 Å². The highest BCUT2D eigenvalue weighted by molar-refractivity contribution is 5.96. The molecule has 2 aromatic carbocycles. The monoisotopic (exact) mass is 506 g/mol. The molecule has 0 saturated carbocycles. The van der Waals surface area contributed by atoms with Gasteiger partial charge in [-0.05, 0) is 107 Å². The second-order valence-electron chi connectivity index (χ2n) is 11.0. The van der Waals surface area contributed by atoms with Gasteiger partial charge in [-0.15, -0.1) is 0 Å². The summed E-state index contributed by atoms with van der Waals surface area (Å²) in [5.41, 5.74) is 4.99. The van der Waals surface area contributed by atoms with Crippen molar-refractivity contribution >= 4 is 11.8 Å². The standard InChI is InChI=1S/C32H46N2O3/c1-6-26-11-12-28(30(35)15-10-24-16-19-33-20-17-24)22-27(26)18-21-34(5)23-25-8-13-29(14-9-25)32(3,4)31(36)37-7-2/h8-9,11-14,22,24,33H,6-7,10,15-21,23H2,1-5H3. The number of aryl methyl sites for hydroxylation is 1. The fourth-order valence-electron chi connectivity index (χ4n) is 5.19. The predicted octanol–water partition coefficient (Wildman–Crippen LogP) is 5.73. The number of carbonyl (C=O) groups excluding carboxylic acids is 2. The number of hydrogen-bond acceptors (Lipinski definition) is 5. The zero-order valence-electron chi connectivity index (χ0n) is 23.6. The van der Waals surface area contributed by atoms with Crippen LogP contribution in [0.3, 0.4) is 0 Å². The molecule has 2 aromatic rings. The summed E-state index contributed by atoms with van der Waals surface area (Å²) < 4.78 is 5.24. The Labute approximate surface area is 224 Å². The molecule has 202 valence electrons. The van der Waals surface area contributed by atoms with Crippen LogP contribution in [0.2, 0.25) is 0 Å². The SMILES string of the molecule is CCOC(=O)C(C)(C)c1ccc(CN(C)CCc2cc(C(=O)CCC3CCNCC3)ccc2CC)cc1. The third kappa shape index (κ3) is 8.24. The van der Waals surface area contributed by atoms with Crippen LogP contribution in [0.5, 0.6) is 0 Å². The second-order valence-corrected chi connectivity index (χ2v) is 11.0. The van der Waals surface area contributed by atoms with Crippen LogP contribution < -0.4 is 5.32 Å². The van der Waals surface area contributed by atoms with E-state index in [0.717, 1.165) is 56.6 Å². The summed E-state index contributed by atoms with van der Waals surface area (Å²) in [4.78, 5) is 27.6. The van der Waals surface area contributed by atoms with Gasteiger partial charge >= 0.3 is 5.97 Å². The average Bonchev–Trinajstić information content (AvgIpc) is 2.91. The largest absolute Gasteiger partial charge is 0.465 e. The van der Waals surface area contributed by atoms with Gasteiger partial charge in [-0.25, -0.2) is 0 Å². The van der Waals surface area contributed by atoms with E-state index in [1.807, 2.05) is 39.0 Å². The van der Waals surface area contributed by atoms with Crippen LogP contribution in [-0.4, -0.2) is 49.9 Å². The van der Waals surface area contributed by atoms with E-state index in [4.69, 9.17) is 4.74 Å². The number of ketones is 1. The minimum atomic E-state index is -0.660. The Morgan fingerprint density at radius 1 is 1.03 bits per heavy atom. The molecular formula is C32H46N2O3. The zero-order valence-corrected chi connectivity index (χ0v) is 23.6.